The molecule has 3 fully saturated rings. The van der Waals surface area contributed by atoms with Crippen LogP contribution in [0.5, 0.6) is 0 Å². The molecular formula is C35H49N5O2S. The smallest absolute Gasteiger partial charge is 0.234 e. The van der Waals surface area contributed by atoms with E-state index in [-0.39, 0.29) is 11.9 Å². The Morgan fingerprint density at radius 3 is 2.16 bits per heavy atom. The van der Waals surface area contributed by atoms with Crippen molar-refractivity contribution >= 4 is 33.4 Å². The highest BCUT2D eigenvalue weighted by Crippen LogP contribution is 2.44. The average Bonchev–Trinajstić information content (AvgIpc) is 3.72. The number of aromatic nitrogens is 1. The number of rotatable bonds is 9. The van der Waals surface area contributed by atoms with Crippen LogP contribution in [0.15, 0.2) is 24.3 Å². The van der Waals surface area contributed by atoms with Gasteiger partial charge in [-0.25, -0.2) is 0 Å². The molecule has 8 heteroatoms. The van der Waals surface area contributed by atoms with Gasteiger partial charge in [-0.2, -0.15) is 0 Å². The zero-order chi connectivity index (χ0) is 30.5. The quantitative estimate of drug-likeness (QED) is 0.333. The molecular weight excluding hydrogens is 554 g/mol. The van der Waals surface area contributed by atoms with Crippen LogP contribution in [0.2, 0.25) is 0 Å². The van der Waals surface area contributed by atoms with Crippen LogP contribution >= 0.6 is 11.3 Å². The van der Waals surface area contributed by atoms with Crippen LogP contribution < -0.4 is 5.32 Å². The van der Waals surface area contributed by atoms with E-state index < -0.39 is 5.41 Å². The Hall–Kier alpha value is -2.68. The van der Waals surface area contributed by atoms with E-state index in [9.17, 15) is 9.59 Å². The molecule has 6 rings (SSSR count). The highest BCUT2D eigenvalue weighted by molar-refractivity contribution is 7.19. The zero-order valence-electron chi connectivity index (χ0n) is 26.9. The molecule has 0 atom stereocenters. The molecule has 7 nitrogen and oxygen atoms in total. The van der Waals surface area contributed by atoms with Gasteiger partial charge in [-0.15, -0.1) is 11.3 Å². The Balaban J connectivity index is 1.23. The van der Waals surface area contributed by atoms with Crippen molar-refractivity contribution in [2.45, 2.75) is 97.2 Å². The molecule has 3 aliphatic rings. The van der Waals surface area contributed by atoms with E-state index in [0.29, 0.717) is 24.5 Å². The maximum absolute atomic E-state index is 13.9. The van der Waals surface area contributed by atoms with Crippen LogP contribution in [0, 0.1) is 13.8 Å². The summed E-state index contributed by atoms with van der Waals surface area (Å²) in [6.07, 6.45) is 5.61. The number of aryl methyl sites for hydroxylation is 2. The first-order valence-electron chi connectivity index (χ1n) is 16.3. The monoisotopic (exact) mass is 603 g/mol. The van der Waals surface area contributed by atoms with Gasteiger partial charge in [0.05, 0.1) is 17.7 Å². The highest BCUT2D eigenvalue weighted by atomic mass is 32.1. The van der Waals surface area contributed by atoms with E-state index in [4.69, 9.17) is 0 Å². The molecule has 0 saturated carbocycles. The molecule has 0 aliphatic carbocycles. The maximum Gasteiger partial charge on any atom is 0.234 e. The number of nitrogens with one attached hydrogen (secondary N) is 2. The molecule has 0 unspecified atom stereocenters. The summed E-state index contributed by atoms with van der Waals surface area (Å²) in [6, 6.07) is 10.2. The van der Waals surface area contributed by atoms with Gasteiger partial charge in [0.15, 0.2) is 0 Å². The molecule has 232 valence electrons. The fraction of sp³-hybridized carbons (Fsp3) is 0.600. The van der Waals surface area contributed by atoms with Crippen molar-refractivity contribution in [2.24, 2.45) is 0 Å². The SMILES string of the molecule is Cc1cc(C)cc(-c2[nH]c3sc(C(C)(C)C(=O)N4C5CCC4CC5)cc3c2CCN2CCN(CC(=O)NC(C)C)CC2)c1. The lowest BCUT2D eigenvalue weighted by molar-refractivity contribution is -0.137. The Kier molecular flexibility index (Phi) is 8.48. The summed E-state index contributed by atoms with van der Waals surface area (Å²) in [5.41, 5.74) is 5.80. The summed E-state index contributed by atoms with van der Waals surface area (Å²) in [7, 11) is 0. The van der Waals surface area contributed by atoms with Gasteiger partial charge in [0.1, 0.15) is 4.83 Å². The van der Waals surface area contributed by atoms with Crippen LogP contribution in [0.1, 0.15) is 74.9 Å². The van der Waals surface area contributed by atoms with Crippen molar-refractivity contribution in [2.75, 3.05) is 39.3 Å². The van der Waals surface area contributed by atoms with E-state index >= 15 is 0 Å². The second-order valence-corrected chi connectivity index (χ2v) is 15.2. The molecule has 2 amide bonds. The lowest BCUT2D eigenvalue weighted by Gasteiger charge is -2.34. The summed E-state index contributed by atoms with van der Waals surface area (Å²) in [5.74, 6) is 0.417. The number of carbonyl (C=O) groups is 2. The first-order chi connectivity index (χ1) is 20.5. The highest BCUT2D eigenvalue weighted by Gasteiger charge is 2.47. The van der Waals surface area contributed by atoms with Gasteiger partial charge in [0, 0.05) is 61.1 Å². The van der Waals surface area contributed by atoms with Crippen molar-refractivity contribution in [1.29, 1.82) is 0 Å². The van der Waals surface area contributed by atoms with E-state index in [2.05, 4.69) is 77.0 Å². The van der Waals surface area contributed by atoms with Crippen LogP contribution in [0.4, 0.5) is 0 Å². The fourth-order valence-corrected chi connectivity index (χ4v) is 8.83. The summed E-state index contributed by atoms with van der Waals surface area (Å²) < 4.78 is 0. The molecule has 0 radical (unpaired) electrons. The van der Waals surface area contributed by atoms with Crippen molar-refractivity contribution in [3.63, 3.8) is 0 Å². The average molecular weight is 604 g/mol. The van der Waals surface area contributed by atoms with Gasteiger partial charge in [0.25, 0.3) is 0 Å². The van der Waals surface area contributed by atoms with Crippen molar-refractivity contribution in [3.8, 4) is 11.3 Å². The number of benzene rings is 1. The molecule has 2 N–H and O–H groups in total. The van der Waals surface area contributed by atoms with Crippen molar-refractivity contribution < 1.29 is 9.59 Å². The lowest BCUT2D eigenvalue weighted by atomic mass is 9.88. The normalized spacial score (nSPS) is 21.4. The summed E-state index contributed by atoms with van der Waals surface area (Å²) in [6.45, 7) is 17.8. The Morgan fingerprint density at radius 1 is 0.953 bits per heavy atom. The number of H-pyrrole nitrogens is 1. The predicted molar refractivity (Wildman–Crippen MR) is 177 cm³/mol. The number of carbonyl (C=O) groups excluding carboxylic acids is 2. The van der Waals surface area contributed by atoms with Crippen LogP contribution in [0.3, 0.4) is 0 Å². The number of thiophene rings is 1. The Morgan fingerprint density at radius 2 is 1.56 bits per heavy atom. The standard InChI is InChI=1S/C35H49N5O2S/c1-22(2)36-31(41)21-39-15-13-38(14-16-39)12-11-28-29-20-30(35(5,6)34(42)40-26-7-8-27(40)10-9-26)43-33(29)37-32(28)25-18-23(3)17-24(4)19-25/h17-20,22,26-27,37H,7-16,21H2,1-6H3,(H,36,41). The first-order valence-corrected chi connectivity index (χ1v) is 17.1. The molecule has 3 aliphatic heterocycles. The number of fused-ring (bicyclic) bond motifs is 3. The third kappa shape index (κ3) is 6.16. The number of amides is 2. The molecule has 5 heterocycles. The summed E-state index contributed by atoms with van der Waals surface area (Å²) in [5, 5.41) is 4.28. The van der Waals surface area contributed by atoms with E-state index in [1.165, 1.54) is 63.8 Å². The summed E-state index contributed by atoms with van der Waals surface area (Å²) in [4.78, 5) is 39.4. The predicted octanol–water partition coefficient (Wildman–Crippen LogP) is 5.63. The minimum absolute atomic E-state index is 0.114. The zero-order valence-corrected chi connectivity index (χ0v) is 27.7. The first kappa shape index (κ1) is 30.4. The minimum atomic E-state index is -0.536. The maximum atomic E-state index is 13.9. The Labute approximate surface area is 261 Å². The number of nitrogens with zero attached hydrogens (tertiary/aromatic N) is 3. The van der Waals surface area contributed by atoms with E-state index in [1.54, 1.807) is 11.3 Å². The molecule has 3 saturated heterocycles. The van der Waals surface area contributed by atoms with Gasteiger partial charge >= 0.3 is 0 Å². The number of aromatic amines is 1. The molecule has 1 aromatic carbocycles. The fourth-order valence-electron chi connectivity index (χ4n) is 7.65. The van der Waals surface area contributed by atoms with Gasteiger partial charge in [0.2, 0.25) is 11.8 Å². The van der Waals surface area contributed by atoms with Crippen LogP contribution in [0.25, 0.3) is 21.5 Å². The second-order valence-electron chi connectivity index (χ2n) is 14.1. The third-order valence-electron chi connectivity index (χ3n) is 9.91. The topological polar surface area (TPSA) is 71.7 Å². The van der Waals surface area contributed by atoms with Gasteiger partial charge in [-0.3, -0.25) is 14.5 Å². The largest absolute Gasteiger partial charge is 0.353 e. The Bertz CT molecular complexity index is 1450. The second kappa shape index (κ2) is 12.0. The van der Waals surface area contributed by atoms with Crippen LogP contribution in [-0.2, 0) is 21.4 Å². The molecule has 3 aromatic rings. The third-order valence-corrected chi connectivity index (χ3v) is 11.3. The summed E-state index contributed by atoms with van der Waals surface area (Å²) >= 11 is 1.76. The van der Waals surface area contributed by atoms with Crippen LogP contribution in [-0.4, -0.2) is 88.9 Å². The van der Waals surface area contributed by atoms with E-state index in [0.717, 1.165) is 44.0 Å². The minimum Gasteiger partial charge on any atom is -0.353 e. The van der Waals surface area contributed by atoms with Gasteiger partial charge < -0.3 is 20.1 Å². The molecule has 2 aromatic heterocycles. The lowest BCUT2D eigenvalue weighted by Crippen LogP contribution is -2.50. The molecule has 0 spiro atoms. The van der Waals surface area contributed by atoms with Gasteiger partial charge in [-0.05, 0) is 103 Å². The van der Waals surface area contributed by atoms with Gasteiger partial charge in [-0.1, -0.05) is 17.2 Å². The molecule has 43 heavy (non-hydrogen) atoms. The van der Waals surface area contributed by atoms with Crippen molar-refractivity contribution in [3.05, 3.63) is 45.8 Å². The number of hydrogen-bond donors (Lipinski definition) is 2. The number of hydrogen-bond acceptors (Lipinski definition) is 5. The van der Waals surface area contributed by atoms with E-state index in [1.807, 2.05) is 13.8 Å². The van der Waals surface area contributed by atoms with Crippen molar-refractivity contribution in [1.82, 2.24) is 25.0 Å². The molecule has 2 bridgehead atoms. The number of piperazine rings is 1.